The van der Waals surface area contributed by atoms with Crippen molar-refractivity contribution in [3.05, 3.63) is 36.4 Å². The number of phenolic OH excluding ortho intramolecular Hbond substituents is 1. The number of phenols is 1. The molecule has 3 rings (SSSR count). The largest absolute Gasteiger partial charge is 0.506 e. The molecule has 0 saturated carbocycles. The number of anilines is 1. The molecule has 0 amide bonds. The van der Waals surface area contributed by atoms with Crippen LogP contribution < -0.4 is 5.73 Å². The molecule has 2 aromatic carbocycles. The third kappa shape index (κ3) is 1.06. The number of para-hydroxylation sites is 1. The summed E-state index contributed by atoms with van der Waals surface area (Å²) in [6.07, 6.45) is 0. The number of aromatic nitrogens is 1. The molecule has 0 aliphatic carbocycles. The van der Waals surface area contributed by atoms with Gasteiger partial charge < -0.3 is 15.8 Å². The number of nitrogens with one attached hydrogen (secondary N) is 1. The number of hydrogen-bond acceptors (Lipinski definition) is 2. The maximum Gasteiger partial charge on any atom is 0.141 e. The van der Waals surface area contributed by atoms with Crippen LogP contribution in [0.25, 0.3) is 21.8 Å². The molecule has 0 fully saturated rings. The van der Waals surface area contributed by atoms with Crippen molar-refractivity contribution in [2.75, 3.05) is 5.73 Å². The van der Waals surface area contributed by atoms with Crippen LogP contribution in [0.4, 0.5) is 5.69 Å². The summed E-state index contributed by atoms with van der Waals surface area (Å²) >= 11 is 0. The minimum Gasteiger partial charge on any atom is -0.506 e. The van der Waals surface area contributed by atoms with Crippen LogP contribution in [-0.4, -0.2) is 10.1 Å². The highest BCUT2D eigenvalue weighted by molar-refractivity contribution is 6.10. The Morgan fingerprint density at radius 2 is 1.87 bits per heavy atom. The summed E-state index contributed by atoms with van der Waals surface area (Å²) in [6.45, 7) is 0. The van der Waals surface area contributed by atoms with Crippen molar-refractivity contribution in [1.29, 1.82) is 0 Å². The zero-order valence-corrected chi connectivity index (χ0v) is 7.99. The van der Waals surface area contributed by atoms with E-state index in [1.54, 1.807) is 6.07 Å². The lowest BCUT2D eigenvalue weighted by Crippen LogP contribution is -1.83. The number of nitrogens with two attached hydrogens (primary N) is 1. The molecular formula is C12H10N2O. The van der Waals surface area contributed by atoms with Crippen LogP contribution in [-0.2, 0) is 0 Å². The van der Waals surface area contributed by atoms with E-state index in [4.69, 9.17) is 5.73 Å². The third-order valence-electron chi connectivity index (χ3n) is 2.62. The topological polar surface area (TPSA) is 62.0 Å². The number of nitrogen functional groups attached to an aromatic ring is 1. The fourth-order valence-corrected chi connectivity index (χ4v) is 1.95. The van der Waals surface area contributed by atoms with E-state index in [9.17, 15) is 5.11 Å². The van der Waals surface area contributed by atoms with Gasteiger partial charge in [0.2, 0.25) is 0 Å². The molecule has 0 spiro atoms. The standard InChI is InChI=1S/C12H10N2O/c13-7-5-9-8-3-1-2-4-10(8)14-12(9)11(15)6-7/h1-6,14-15H,13H2. The van der Waals surface area contributed by atoms with Gasteiger partial charge in [0.15, 0.2) is 0 Å². The molecule has 4 N–H and O–H groups in total. The van der Waals surface area contributed by atoms with E-state index in [1.807, 2.05) is 30.3 Å². The number of fused-ring (bicyclic) bond motifs is 3. The summed E-state index contributed by atoms with van der Waals surface area (Å²) in [7, 11) is 0. The Hall–Kier alpha value is -2.16. The first-order valence-corrected chi connectivity index (χ1v) is 4.74. The number of rotatable bonds is 0. The van der Waals surface area contributed by atoms with Crippen LogP contribution in [0.1, 0.15) is 0 Å². The van der Waals surface area contributed by atoms with Crippen LogP contribution in [0, 0.1) is 0 Å². The van der Waals surface area contributed by atoms with Crippen LogP contribution in [0.2, 0.25) is 0 Å². The quantitative estimate of drug-likeness (QED) is 0.486. The lowest BCUT2D eigenvalue weighted by atomic mass is 10.1. The number of benzene rings is 2. The zero-order chi connectivity index (χ0) is 10.4. The second-order valence-corrected chi connectivity index (χ2v) is 3.63. The first-order valence-electron chi connectivity index (χ1n) is 4.74. The fraction of sp³-hybridized carbons (Fsp3) is 0. The molecule has 3 heteroatoms. The van der Waals surface area contributed by atoms with Crippen LogP contribution >= 0.6 is 0 Å². The van der Waals surface area contributed by atoms with Crippen molar-refractivity contribution >= 4 is 27.5 Å². The summed E-state index contributed by atoms with van der Waals surface area (Å²) in [4.78, 5) is 3.17. The summed E-state index contributed by atoms with van der Waals surface area (Å²) in [6, 6.07) is 11.3. The van der Waals surface area contributed by atoms with Gasteiger partial charge in [-0.1, -0.05) is 18.2 Å². The van der Waals surface area contributed by atoms with Gasteiger partial charge in [-0.3, -0.25) is 0 Å². The summed E-state index contributed by atoms with van der Waals surface area (Å²) in [5.74, 6) is 0.196. The second kappa shape index (κ2) is 2.67. The van der Waals surface area contributed by atoms with Crippen molar-refractivity contribution < 1.29 is 5.11 Å². The number of aromatic amines is 1. The van der Waals surface area contributed by atoms with Crippen molar-refractivity contribution in [2.45, 2.75) is 0 Å². The summed E-state index contributed by atoms with van der Waals surface area (Å²) < 4.78 is 0. The van der Waals surface area contributed by atoms with Gasteiger partial charge in [0, 0.05) is 28.0 Å². The van der Waals surface area contributed by atoms with Crippen molar-refractivity contribution in [2.24, 2.45) is 0 Å². The molecule has 0 bridgehead atoms. The molecule has 0 atom stereocenters. The zero-order valence-electron chi connectivity index (χ0n) is 7.99. The predicted molar refractivity (Wildman–Crippen MR) is 61.9 cm³/mol. The minimum absolute atomic E-state index is 0.196. The molecular weight excluding hydrogens is 188 g/mol. The Bertz CT molecular complexity index is 655. The first-order chi connectivity index (χ1) is 7.25. The van der Waals surface area contributed by atoms with Crippen LogP contribution in [0.3, 0.4) is 0 Å². The van der Waals surface area contributed by atoms with E-state index < -0.39 is 0 Å². The molecule has 74 valence electrons. The van der Waals surface area contributed by atoms with E-state index in [1.165, 1.54) is 0 Å². The van der Waals surface area contributed by atoms with Gasteiger partial charge in [-0.05, 0) is 12.1 Å². The average molecular weight is 198 g/mol. The lowest BCUT2D eigenvalue weighted by molar-refractivity contribution is 0.481. The molecule has 0 radical (unpaired) electrons. The normalized spacial score (nSPS) is 11.2. The van der Waals surface area contributed by atoms with Gasteiger partial charge in [0.05, 0.1) is 5.52 Å². The van der Waals surface area contributed by atoms with E-state index in [0.717, 1.165) is 21.8 Å². The van der Waals surface area contributed by atoms with Gasteiger partial charge in [0.1, 0.15) is 5.75 Å². The minimum atomic E-state index is 0.196. The Kier molecular flexibility index (Phi) is 1.45. The van der Waals surface area contributed by atoms with Crippen LogP contribution in [0.5, 0.6) is 5.75 Å². The Morgan fingerprint density at radius 1 is 1.07 bits per heavy atom. The highest BCUT2D eigenvalue weighted by atomic mass is 16.3. The van der Waals surface area contributed by atoms with Gasteiger partial charge in [-0.15, -0.1) is 0 Å². The Labute approximate surface area is 86.1 Å². The molecule has 15 heavy (non-hydrogen) atoms. The maximum atomic E-state index is 9.74. The fourth-order valence-electron chi connectivity index (χ4n) is 1.95. The highest BCUT2D eigenvalue weighted by Gasteiger charge is 2.07. The van der Waals surface area contributed by atoms with E-state index in [0.29, 0.717) is 5.69 Å². The first kappa shape index (κ1) is 8.17. The molecule has 3 nitrogen and oxygen atoms in total. The second-order valence-electron chi connectivity index (χ2n) is 3.63. The van der Waals surface area contributed by atoms with E-state index in [-0.39, 0.29) is 5.75 Å². The van der Waals surface area contributed by atoms with Gasteiger partial charge in [-0.2, -0.15) is 0 Å². The molecule has 0 aliphatic rings. The predicted octanol–water partition coefficient (Wildman–Crippen LogP) is 2.61. The highest BCUT2D eigenvalue weighted by Crippen LogP contribution is 2.32. The summed E-state index contributed by atoms with van der Waals surface area (Å²) in [5, 5.41) is 11.8. The Morgan fingerprint density at radius 3 is 2.73 bits per heavy atom. The maximum absolute atomic E-state index is 9.74. The third-order valence-corrected chi connectivity index (χ3v) is 2.62. The number of hydrogen-bond donors (Lipinski definition) is 3. The summed E-state index contributed by atoms with van der Waals surface area (Å²) in [5.41, 5.74) is 8.02. The monoisotopic (exact) mass is 198 g/mol. The van der Waals surface area contributed by atoms with E-state index in [2.05, 4.69) is 4.98 Å². The Balaban J connectivity index is 2.61. The number of H-pyrrole nitrogens is 1. The smallest absolute Gasteiger partial charge is 0.141 e. The molecule has 0 saturated heterocycles. The average Bonchev–Trinajstić information content (AvgIpc) is 2.57. The molecule has 0 unspecified atom stereocenters. The molecule has 3 aromatic rings. The molecule has 0 aliphatic heterocycles. The SMILES string of the molecule is Nc1cc(O)c2[nH]c3ccccc3c2c1. The van der Waals surface area contributed by atoms with E-state index >= 15 is 0 Å². The molecule has 1 aromatic heterocycles. The van der Waals surface area contributed by atoms with Crippen molar-refractivity contribution in [3.8, 4) is 5.75 Å². The lowest BCUT2D eigenvalue weighted by Gasteiger charge is -1.97. The van der Waals surface area contributed by atoms with Gasteiger partial charge in [0.25, 0.3) is 0 Å². The van der Waals surface area contributed by atoms with Crippen molar-refractivity contribution in [3.63, 3.8) is 0 Å². The van der Waals surface area contributed by atoms with Gasteiger partial charge >= 0.3 is 0 Å². The van der Waals surface area contributed by atoms with Gasteiger partial charge in [-0.25, -0.2) is 0 Å². The van der Waals surface area contributed by atoms with Crippen molar-refractivity contribution in [1.82, 2.24) is 4.98 Å². The number of aromatic hydroxyl groups is 1. The molecule has 1 heterocycles. The van der Waals surface area contributed by atoms with Crippen LogP contribution in [0.15, 0.2) is 36.4 Å².